The zero-order valence-corrected chi connectivity index (χ0v) is 12.7. The predicted octanol–water partition coefficient (Wildman–Crippen LogP) is 2.61. The lowest BCUT2D eigenvalue weighted by Crippen LogP contribution is -2.52. The molecule has 0 amide bonds. The van der Waals surface area contributed by atoms with Gasteiger partial charge < -0.3 is 5.73 Å². The Morgan fingerprint density at radius 3 is 2.10 bits per heavy atom. The molecule has 4 fully saturated rings. The first-order chi connectivity index (χ1) is 9.59. The molecule has 0 aliphatic heterocycles. The van der Waals surface area contributed by atoms with Gasteiger partial charge in [-0.1, -0.05) is 0 Å². The number of nitrogens with zero attached hydrogens (tertiary/aromatic N) is 3. The van der Waals surface area contributed by atoms with Crippen LogP contribution in [0.5, 0.6) is 0 Å². The van der Waals surface area contributed by atoms with Gasteiger partial charge in [0.15, 0.2) is 0 Å². The maximum Gasteiger partial charge on any atom is 0.147 e. The molecule has 1 heterocycles. The molecular weight excluding hydrogens is 248 g/mol. The first-order valence-corrected chi connectivity index (χ1v) is 8.19. The molecule has 4 nitrogen and oxygen atoms in total. The molecule has 110 valence electrons. The highest BCUT2D eigenvalue weighted by atomic mass is 15.4. The van der Waals surface area contributed by atoms with Crippen molar-refractivity contribution in [2.24, 2.45) is 28.9 Å². The summed E-state index contributed by atoms with van der Waals surface area (Å²) in [4.78, 5) is 4.50. The maximum absolute atomic E-state index is 6.22. The second-order valence-corrected chi connectivity index (χ2v) is 7.68. The normalized spacial score (nSPS) is 40.2. The predicted molar refractivity (Wildman–Crippen MR) is 78.2 cm³/mol. The maximum atomic E-state index is 6.22. The SMILES string of the molecule is Cc1nc(C)n(C(CN)C23CC4CC(CC(C4)C2)C3)n1. The Morgan fingerprint density at radius 2 is 1.70 bits per heavy atom. The van der Waals surface area contributed by atoms with Crippen molar-refractivity contribution in [1.29, 1.82) is 0 Å². The second-order valence-electron chi connectivity index (χ2n) is 7.68. The highest BCUT2D eigenvalue weighted by molar-refractivity contribution is 5.07. The van der Waals surface area contributed by atoms with Crippen LogP contribution >= 0.6 is 0 Å². The zero-order chi connectivity index (χ0) is 13.9. The molecule has 4 aliphatic carbocycles. The van der Waals surface area contributed by atoms with Crippen LogP contribution in [0.15, 0.2) is 0 Å². The molecule has 0 spiro atoms. The summed E-state index contributed by atoms with van der Waals surface area (Å²) in [6, 6.07) is 0.358. The Labute approximate surface area is 121 Å². The van der Waals surface area contributed by atoms with Gasteiger partial charge in [-0.25, -0.2) is 9.67 Å². The van der Waals surface area contributed by atoms with E-state index >= 15 is 0 Å². The number of rotatable bonds is 3. The molecule has 4 bridgehead atoms. The summed E-state index contributed by atoms with van der Waals surface area (Å²) in [5.74, 6) is 4.79. The molecule has 1 aromatic heterocycles. The Morgan fingerprint density at radius 1 is 1.15 bits per heavy atom. The van der Waals surface area contributed by atoms with E-state index < -0.39 is 0 Å². The lowest BCUT2D eigenvalue weighted by Gasteiger charge is -2.59. The number of hydrogen-bond acceptors (Lipinski definition) is 3. The van der Waals surface area contributed by atoms with Gasteiger partial charge in [0.25, 0.3) is 0 Å². The van der Waals surface area contributed by atoms with Gasteiger partial charge in [0.1, 0.15) is 11.6 Å². The third-order valence-electron chi connectivity index (χ3n) is 6.22. The minimum Gasteiger partial charge on any atom is -0.328 e. The number of aromatic nitrogens is 3. The summed E-state index contributed by atoms with van der Waals surface area (Å²) in [5.41, 5.74) is 6.63. The van der Waals surface area contributed by atoms with E-state index in [0.29, 0.717) is 18.0 Å². The lowest BCUT2D eigenvalue weighted by molar-refractivity contribution is -0.0834. The van der Waals surface area contributed by atoms with Crippen molar-refractivity contribution in [3.63, 3.8) is 0 Å². The third kappa shape index (κ3) is 1.77. The highest BCUT2D eigenvalue weighted by Crippen LogP contribution is 2.63. The average molecular weight is 274 g/mol. The molecule has 4 aliphatic rings. The number of hydrogen-bond donors (Lipinski definition) is 1. The molecule has 0 saturated heterocycles. The molecule has 4 heteroatoms. The van der Waals surface area contributed by atoms with Crippen LogP contribution in [0.4, 0.5) is 0 Å². The first kappa shape index (κ1) is 12.8. The molecule has 1 atom stereocenters. The van der Waals surface area contributed by atoms with Crippen molar-refractivity contribution in [3.8, 4) is 0 Å². The van der Waals surface area contributed by atoms with Crippen LogP contribution < -0.4 is 5.73 Å². The summed E-state index contributed by atoms with van der Waals surface area (Å²) in [7, 11) is 0. The van der Waals surface area contributed by atoms with Crippen LogP contribution in [0.25, 0.3) is 0 Å². The third-order valence-corrected chi connectivity index (χ3v) is 6.22. The van der Waals surface area contributed by atoms with Crippen LogP contribution in [-0.4, -0.2) is 21.3 Å². The van der Waals surface area contributed by atoms with Crippen LogP contribution in [0.2, 0.25) is 0 Å². The molecule has 5 rings (SSSR count). The Bertz CT molecular complexity index is 483. The van der Waals surface area contributed by atoms with E-state index in [1.807, 2.05) is 6.92 Å². The molecule has 20 heavy (non-hydrogen) atoms. The zero-order valence-electron chi connectivity index (χ0n) is 12.7. The van der Waals surface area contributed by atoms with Crippen molar-refractivity contribution < 1.29 is 0 Å². The fourth-order valence-corrected chi connectivity index (χ4v) is 6.03. The monoisotopic (exact) mass is 274 g/mol. The van der Waals surface area contributed by atoms with Gasteiger partial charge in [-0.05, 0) is 75.5 Å². The summed E-state index contributed by atoms with van der Waals surface area (Å²) in [6.45, 7) is 4.76. The summed E-state index contributed by atoms with van der Waals surface area (Å²) >= 11 is 0. The minimum absolute atomic E-state index is 0.358. The van der Waals surface area contributed by atoms with Gasteiger partial charge >= 0.3 is 0 Å². The average Bonchev–Trinajstić information content (AvgIpc) is 2.67. The Kier molecular flexibility index (Phi) is 2.75. The van der Waals surface area contributed by atoms with Crippen LogP contribution in [-0.2, 0) is 0 Å². The summed E-state index contributed by atoms with van der Waals surface area (Å²) in [6.07, 6.45) is 8.56. The lowest BCUT2D eigenvalue weighted by atomic mass is 9.47. The van der Waals surface area contributed by atoms with E-state index in [4.69, 9.17) is 5.73 Å². The van der Waals surface area contributed by atoms with Crippen molar-refractivity contribution in [2.75, 3.05) is 6.54 Å². The molecular formula is C16H26N4. The van der Waals surface area contributed by atoms with Gasteiger partial charge in [-0.15, -0.1) is 0 Å². The summed E-state index contributed by atoms with van der Waals surface area (Å²) < 4.78 is 2.16. The minimum atomic E-state index is 0.358. The standard InChI is InChI=1S/C16H26N4/c1-10-18-11(2)20(19-10)15(9-17)16-6-12-3-13(7-16)5-14(4-12)8-16/h12-15H,3-9,17H2,1-2H3. The number of aryl methyl sites for hydroxylation is 2. The first-order valence-electron chi connectivity index (χ1n) is 8.19. The molecule has 0 radical (unpaired) electrons. The molecule has 4 saturated carbocycles. The van der Waals surface area contributed by atoms with Gasteiger partial charge in [-0.3, -0.25) is 0 Å². The van der Waals surface area contributed by atoms with E-state index in [-0.39, 0.29) is 0 Å². The van der Waals surface area contributed by atoms with E-state index in [9.17, 15) is 0 Å². The van der Waals surface area contributed by atoms with Gasteiger partial charge in [0.2, 0.25) is 0 Å². The van der Waals surface area contributed by atoms with Gasteiger partial charge in [0.05, 0.1) is 6.04 Å². The van der Waals surface area contributed by atoms with Crippen LogP contribution in [0.1, 0.15) is 56.2 Å². The van der Waals surface area contributed by atoms with Crippen molar-refractivity contribution in [3.05, 3.63) is 11.6 Å². The Hall–Kier alpha value is -0.900. The number of nitrogens with two attached hydrogens (primary N) is 1. The van der Waals surface area contributed by atoms with Crippen molar-refractivity contribution in [2.45, 2.75) is 58.4 Å². The van der Waals surface area contributed by atoms with Crippen molar-refractivity contribution >= 4 is 0 Å². The van der Waals surface area contributed by atoms with Gasteiger partial charge in [-0.2, -0.15) is 5.10 Å². The van der Waals surface area contributed by atoms with Crippen molar-refractivity contribution in [1.82, 2.24) is 14.8 Å². The van der Waals surface area contributed by atoms with E-state index in [1.54, 1.807) is 0 Å². The van der Waals surface area contributed by atoms with Gasteiger partial charge in [0, 0.05) is 6.54 Å². The second kappa shape index (κ2) is 4.30. The topological polar surface area (TPSA) is 56.7 Å². The van der Waals surface area contributed by atoms with Crippen LogP contribution in [0, 0.1) is 37.0 Å². The molecule has 1 unspecified atom stereocenters. The largest absolute Gasteiger partial charge is 0.328 e. The smallest absolute Gasteiger partial charge is 0.147 e. The van der Waals surface area contributed by atoms with Crippen LogP contribution in [0.3, 0.4) is 0 Å². The fraction of sp³-hybridized carbons (Fsp3) is 0.875. The highest BCUT2D eigenvalue weighted by Gasteiger charge is 2.54. The fourth-order valence-electron chi connectivity index (χ4n) is 6.03. The summed E-state index contributed by atoms with van der Waals surface area (Å²) in [5, 5.41) is 4.66. The Balaban J connectivity index is 1.72. The van der Waals surface area contributed by atoms with E-state index in [0.717, 1.165) is 29.4 Å². The quantitative estimate of drug-likeness (QED) is 0.921. The molecule has 0 aromatic carbocycles. The van der Waals surface area contributed by atoms with E-state index in [2.05, 4.69) is 21.7 Å². The molecule has 2 N–H and O–H groups in total. The molecule has 1 aromatic rings. The van der Waals surface area contributed by atoms with E-state index in [1.165, 1.54) is 38.5 Å².